The Morgan fingerprint density at radius 1 is 1.47 bits per heavy atom. The van der Waals surface area contributed by atoms with E-state index >= 15 is 0 Å². The number of nitrogens with one attached hydrogen (secondary N) is 2. The minimum absolute atomic E-state index is 0.276. The zero-order valence-corrected chi connectivity index (χ0v) is 10.4. The summed E-state index contributed by atoms with van der Waals surface area (Å²) in [6.07, 6.45) is 1.88. The van der Waals surface area contributed by atoms with Gasteiger partial charge in [0.1, 0.15) is 0 Å². The van der Waals surface area contributed by atoms with E-state index in [1.807, 2.05) is 0 Å². The van der Waals surface area contributed by atoms with Gasteiger partial charge in [-0.1, -0.05) is 13.8 Å². The summed E-state index contributed by atoms with van der Waals surface area (Å²) in [6.45, 7) is 6.54. The molecule has 0 amide bonds. The first-order valence-corrected chi connectivity index (χ1v) is 7.33. The van der Waals surface area contributed by atoms with Crippen molar-refractivity contribution in [3.05, 3.63) is 0 Å². The highest BCUT2D eigenvalue weighted by molar-refractivity contribution is 7.89. The van der Waals surface area contributed by atoms with Gasteiger partial charge in [-0.2, -0.15) is 0 Å². The second kappa shape index (κ2) is 5.82. The van der Waals surface area contributed by atoms with E-state index in [-0.39, 0.29) is 5.75 Å². The molecule has 1 fully saturated rings. The molecule has 2 N–H and O–H groups in total. The molecule has 1 atom stereocenters. The highest BCUT2D eigenvalue weighted by Crippen LogP contribution is 2.09. The summed E-state index contributed by atoms with van der Waals surface area (Å²) in [4.78, 5) is 0. The molecular formula is C10H22N2O2S. The molecule has 5 heteroatoms. The summed E-state index contributed by atoms with van der Waals surface area (Å²) >= 11 is 0. The standard InChI is InChI=1S/C10H22N2O2S/c1-9(2)3-6-12-15(13,14)8-10-4-5-11-7-10/h9-12H,3-8H2,1-2H3. The Balaban J connectivity index is 2.25. The van der Waals surface area contributed by atoms with Crippen LogP contribution in [0.15, 0.2) is 0 Å². The lowest BCUT2D eigenvalue weighted by Crippen LogP contribution is -2.31. The van der Waals surface area contributed by atoms with Crippen LogP contribution in [0.25, 0.3) is 0 Å². The summed E-state index contributed by atoms with van der Waals surface area (Å²) in [7, 11) is -3.05. The molecule has 0 aromatic rings. The van der Waals surface area contributed by atoms with Crippen LogP contribution in [0.4, 0.5) is 0 Å². The van der Waals surface area contributed by atoms with Gasteiger partial charge in [0.25, 0.3) is 0 Å². The van der Waals surface area contributed by atoms with Crippen molar-refractivity contribution in [3.63, 3.8) is 0 Å². The third kappa shape index (κ3) is 5.49. The Labute approximate surface area is 92.9 Å². The first kappa shape index (κ1) is 12.9. The molecule has 0 radical (unpaired) electrons. The van der Waals surface area contributed by atoms with Crippen LogP contribution in [0, 0.1) is 11.8 Å². The maximum Gasteiger partial charge on any atom is 0.211 e. The molecule has 1 unspecified atom stereocenters. The maximum atomic E-state index is 11.6. The normalized spacial score (nSPS) is 22.5. The number of hydrogen-bond donors (Lipinski definition) is 2. The highest BCUT2D eigenvalue weighted by Gasteiger charge is 2.21. The maximum absolute atomic E-state index is 11.6. The SMILES string of the molecule is CC(C)CCNS(=O)(=O)CC1CCNC1. The Morgan fingerprint density at radius 3 is 2.73 bits per heavy atom. The van der Waals surface area contributed by atoms with E-state index in [1.165, 1.54) is 0 Å². The van der Waals surface area contributed by atoms with Crippen LogP contribution in [0.5, 0.6) is 0 Å². The molecule has 90 valence electrons. The minimum Gasteiger partial charge on any atom is -0.316 e. The topological polar surface area (TPSA) is 58.2 Å². The summed E-state index contributed by atoms with van der Waals surface area (Å²) in [5.74, 6) is 1.11. The monoisotopic (exact) mass is 234 g/mol. The second-order valence-corrected chi connectivity index (χ2v) is 6.57. The van der Waals surface area contributed by atoms with Crippen molar-refractivity contribution in [3.8, 4) is 0 Å². The largest absolute Gasteiger partial charge is 0.316 e. The Kier molecular flexibility index (Phi) is 5.02. The van der Waals surface area contributed by atoms with Crippen LogP contribution < -0.4 is 10.0 Å². The van der Waals surface area contributed by atoms with Crippen LogP contribution in [0.1, 0.15) is 26.7 Å². The van der Waals surface area contributed by atoms with Gasteiger partial charge in [-0.05, 0) is 37.8 Å². The first-order chi connectivity index (χ1) is 6.99. The molecule has 1 aliphatic heterocycles. The Bertz CT molecular complexity index is 269. The van der Waals surface area contributed by atoms with Crippen molar-refractivity contribution in [2.75, 3.05) is 25.4 Å². The van der Waals surface area contributed by atoms with Gasteiger partial charge in [0, 0.05) is 6.54 Å². The van der Waals surface area contributed by atoms with Crippen molar-refractivity contribution in [2.45, 2.75) is 26.7 Å². The van der Waals surface area contributed by atoms with Crippen LogP contribution >= 0.6 is 0 Å². The van der Waals surface area contributed by atoms with Crippen molar-refractivity contribution < 1.29 is 8.42 Å². The zero-order valence-electron chi connectivity index (χ0n) is 9.62. The molecule has 0 aliphatic carbocycles. The molecule has 1 heterocycles. The van der Waals surface area contributed by atoms with Crippen molar-refractivity contribution >= 4 is 10.0 Å². The predicted molar refractivity (Wildman–Crippen MR) is 62.2 cm³/mol. The van der Waals surface area contributed by atoms with Crippen LogP contribution in [-0.2, 0) is 10.0 Å². The van der Waals surface area contributed by atoms with Gasteiger partial charge in [-0.15, -0.1) is 0 Å². The molecule has 0 saturated carbocycles. The van der Waals surface area contributed by atoms with Gasteiger partial charge in [0.05, 0.1) is 5.75 Å². The molecule has 0 aromatic carbocycles. The van der Waals surface area contributed by atoms with E-state index < -0.39 is 10.0 Å². The quantitative estimate of drug-likeness (QED) is 0.706. The van der Waals surface area contributed by atoms with E-state index in [0.29, 0.717) is 18.4 Å². The van der Waals surface area contributed by atoms with Gasteiger partial charge in [-0.25, -0.2) is 13.1 Å². The molecule has 1 saturated heterocycles. The summed E-state index contributed by atoms with van der Waals surface area (Å²) < 4.78 is 25.9. The van der Waals surface area contributed by atoms with Crippen LogP contribution in [0.2, 0.25) is 0 Å². The molecule has 1 aliphatic rings. The zero-order chi connectivity index (χ0) is 11.3. The molecular weight excluding hydrogens is 212 g/mol. The molecule has 4 nitrogen and oxygen atoms in total. The third-order valence-corrected chi connectivity index (χ3v) is 4.22. The average molecular weight is 234 g/mol. The second-order valence-electron chi connectivity index (χ2n) is 4.72. The van der Waals surface area contributed by atoms with E-state index in [1.54, 1.807) is 0 Å². The van der Waals surface area contributed by atoms with Crippen molar-refractivity contribution in [1.29, 1.82) is 0 Å². The van der Waals surface area contributed by atoms with Gasteiger partial charge >= 0.3 is 0 Å². The number of hydrogen-bond acceptors (Lipinski definition) is 3. The van der Waals surface area contributed by atoms with E-state index in [2.05, 4.69) is 23.9 Å². The lowest BCUT2D eigenvalue weighted by atomic mass is 10.1. The summed E-state index contributed by atoms with van der Waals surface area (Å²) in [6, 6.07) is 0. The molecule has 0 aromatic heterocycles. The van der Waals surface area contributed by atoms with Gasteiger partial charge < -0.3 is 5.32 Å². The highest BCUT2D eigenvalue weighted by atomic mass is 32.2. The fraction of sp³-hybridized carbons (Fsp3) is 1.00. The Hall–Kier alpha value is -0.130. The molecule has 15 heavy (non-hydrogen) atoms. The number of sulfonamides is 1. The molecule has 0 spiro atoms. The van der Waals surface area contributed by atoms with Crippen molar-refractivity contribution in [2.24, 2.45) is 11.8 Å². The molecule has 0 bridgehead atoms. The van der Waals surface area contributed by atoms with E-state index in [4.69, 9.17) is 0 Å². The lowest BCUT2D eigenvalue weighted by molar-refractivity contribution is 0.538. The van der Waals surface area contributed by atoms with Crippen LogP contribution in [0.3, 0.4) is 0 Å². The average Bonchev–Trinajstić information content (AvgIpc) is 2.54. The van der Waals surface area contributed by atoms with E-state index in [0.717, 1.165) is 25.9 Å². The number of rotatable bonds is 6. The van der Waals surface area contributed by atoms with Gasteiger partial charge in [0.15, 0.2) is 0 Å². The van der Waals surface area contributed by atoms with Crippen molar-refractivity contribution in [1.82, 2.24) is 10.0 Å². The summed E-state index contributed by atoms with van der Waals surface area (Å²) in [5, 5.41) is 3.18. The summed E-state index contributed by atoms with van der Waals surface area (Å²) in [5.41, 5.74) is 0. The fourth-order valence-corrected chi connectivity index (χ4v) is 3.18. The smallest absolute Gasteiger partial charge is 0.211 e. The van der Waals surface area contributed by atoms with E-state index in [9.17, 15) is 8.42 Å². The minimum atomic E-state index is -3.05. The Morgan fingerprint density at radius 2 is 2.20 bits per heavy atom. The lowest BCUT2D eigenvalue weighted by Gasteiger charge is -2.11. The van der Waals surface area contributed by atoms with Gasteiger partial charge in [0.2, 0.25) is 10.0 Å². The van der Waals surface area contributed by atoms with Gasteiger partial charge in [-0.3, -0.25) is 0 Å². The first-order valence-electron chi connectivity index (χ1n) is 5.67. The third-order valence-electron chi connectivity index (χ3n) is 2.66. The van der Waals surface area contributed by atoms with Crippen LogP contribution in [-0.4, -0.2) is 33.8 Å². The fourth-order valence-electron chi connectivity index (χ4n) is 1.73. The predicted octanol–water partition coefficient (Wildman–Crippen LogP) is 0.561. The molecule has 1 rings (SSSR count).